The maximum absolute atomic E-state index is 12.2. The normalized spacial score (nSPS) is 11.1. The van der Waals surface area contributed by atoms with E-state index in [0.29, 0.717) is 23.1 Å². The molecule has 2 rings (SSSR count). The highest BCUT2D eigenvalue weighted by Gasteiger charge is 2.14. The molecule has 0 bridgehead atoms. The van der Waals surface area contributed by atoms with Crippen molar-refractivity contribution in [1.82, 2.24) is 0 Å². The molecule has 0 fully saturated rings. The van der Waals surface area contributed by atoms with E-state index < -0.39 is 10.0 Å². The van der Waals surface area contributed by atoms with E-state index in [1.54, 1.807) is 24.3 Å². The lowest BCUT2D eigenvalue weighted by atomic mass is 10.3. The Morgan fingerprint density at radius 2 is 1.85 bits per heavy atom. The van der Waals surface area contributed by atoms with E-state index in [9.17, 15) is 8.42 Å². The summed E-state index contributed by atoms with van der Waals surface area (Å²) in [7, 11) is -3.63. The number of sulfonamides is 1. The van der Waals surface area contributed by atoms with Gasteiger partial charge in [0.25, 0.3) is 10.0 Å². The molecule has 0 radical (unpaired) electrons. The second-order valence-electron chi connectivity index (χ2n) is 4.02. The Balaban J connectivity index is 2.24. The first kappa shape index (κ1) is 14.7. The van der Waals surface area contributed by atoms with Crippen LogP contribution in [0, 0.1) is 0 Å². The average molecular weight is 312 g/mol. The van der Waals surface area contributed by atoms with Gasteiger partial charge in [0.15, 0.2) is 0 Å². The van der Waals surface area contributed by atoms with Crippen molar-refractivity contribution in [1.29, 1.82) is 0 Å². The Bertz CT molecular complexity index is 684. The number of hydrogen-bond acceptors (Lipinski definition) is 3. The van der Waals surface area contributed by atoms with E-state index in [4.69, 9.17) is 16.3 Å². The van der Waals surface area contributed by atoms with Gasteiger partial charge in [0, 0.05) is 11.1 Å². The summed E-state index contributed by atoms with van der Waals surface area (Å²) in [4.78, 5) is 0.156. The molecule has 0 aliphatic carbocycles. The van der Waals surface area contributed by atoms with Gasteiger partial charge in [-0.05, 0) is 43.3 Å². The third-order valence-corrected chi connectivity index (χ3v) is 4.17. The molecule has 0 spiro atoms. The summed E-state index contributed by atoms with van der Waals surface area (Å²) in [5, 5.41) is 0.488. The van der Waals surface area contributed by atoms with Gasteiger partial charge in [-0.3, -0.25) is 4.72 Å². The summed E-state index contributed by atoms with van der Waals surface area (Å²) >= 11 is 5.75. The fourth-order valence-electron chi connectivity index (χ4n) is 1.64. The number of hydrogen-bond donors (Lipinski definition) is 1. The van der Waals surface area contributed by atoms with Crippen LogP contribution >= 0.6 is 11.6 Å². The first-order valence-corrected chi connectivity index (χ1v) is 7.88. The smallest absolute Gasteiger partial charge is 0.261 e. The molecule has 4 nitrogen and oxygen atoms in total. The van der Waals surface area contributed by atoms with Crippen LogP contribution in [0.1, 0.15) is 6.92 Å². The van der Waals surface area contributed by atoms with Crippen LogP contribution in [0.25, 0.3) is 0 Å². The molecule has 0 atom stereocenters. The molecule has 1 N–H and O–H groups in total. The molecule has 2 aromatic carbocycles. The van der Waals surface area contributed by atoms with Gasteiger partial charge in [0.05, 0.1) is 17.2 Å². The highest BCUT2D eigenvalue weighted by atomic mass is 35.5. The van der Waals surface area contributed by atoms with E-state index in [0.717, 1.165) is 0 Å². The number of anilines is 1. The first-order valence-electron chi connectivity index (χ1n) is 6.02. The summed E-state index contributed by atoms with van der Waals surface area (Å²) < 4.78 is 32.2. The largest absolute Gasteiger partial charge is 0.494 e. The van der Waals surface area contributed by atoms with Crippen molar-refractivity contribution in [3.8, 4) is 5.75 Å². The van der Waals surface area contributed by atoms with Gasteiger partial charge in [-0.25, -0.2) is 8.42 Å². The minimum Gasteiger partial charge on any atom is -0.494 e. The zero-order valence-corrected chi connectivity index (χ0v) is 12.4. The number of nitrogens with one attached hydrogen (secondary N) is 1. The summed E-state index contributed by atoms with van der Waals surface area (Å²) in [5.74, 6) is 0.615. The molecule has 0 amide bonds. The van der Waals surface area contributed by atoms with Crippen molar-refractivity contribution in [2.75, 3.05) is 11.3 Å². The van der Waals surface area contributed by atoms with Crippen LogP contribution in [0.5, 0.6) is 5.75 Å². The molecule has 2 aromatic rings. The highest BCUT2D eigenvalue weighted by Crippen LogP contribution is 2.21. The first-order chi connectivity index (χ1) is 9.51. The van der Waals surface area contributed by atoms with E-state index in [-0.39, 0.29) is 4.90 Å². The monoisotopic (exact) mass is 311 g/mol. The molecule has 0 aliphatic heterocycles. The summed E-state index contributed by atoms with van der Waals surface area (Å²) in [6.45, 7) is 2.39. The molecule has 0 saturated carbocycles. The molecule has 0 saturated heterocycles. The number of benzene rings is 2. The Morgan fingerprint density at radius 1 is 1.15 bits per heavy atom. The van der Waals surface area contributed by atoms with Crippen LogP contribution in [-0.2, 0) is 10.0 Å². The predicted octanol–water partition coefficient (Wildman–Crippen LogP) is 3.54. The van der Waals surface area contributed by atoms with Crippen molar-refractivity contribution >= 4 is 27.3 Å². The molecule has 106 valence electrons. The highest BCUT2D eigenvalue weighted by molar-refractivity contribution is 7.92. The molecule has 6 heteroatoms. The molecular weight excluding hydrogens is 298 g/mol. The molecule has 0 heterocycles. The summed E-state index contributed by atoms with van der Waals surface area (Å²) in [6, 6.07) is 12.8. The van der Waals surface area contributed by atoms with E-state index in [1.165, 1.54) is 24.3 Å². The minimum atomic E-state index is -3.63. The van der Waals surface area contributed by atoms with Crippen LogP contribution < -0.4 is 9.46 Å². The van der Waals surface area contributed by atoms with Gasteiger partial charge < -0.3 is 4.74 Å². The maximum Gasteiger partial charge on any atom is 0.261 e. The van der Waals surface area contributed by atoms with Gasteiger partial charge in [-0.2, -0.15) is 0 Å². The van der Waals surface area contributed by atoms with Crippen molar-refractivity contribution in [2.45, 2.75) is 11.8 Å². The molecule has 0 unspecified atom stereocenters. The maximum atomic E-state index is 12.2. The Hall–Kier alpha value is -1.72. The van der Waals surface area contributed by atoms with Crippen molar-refractivity contribution in [2.24, 2.45) is 0 Å². The van der Waals surface area contributed by atoms with E-state index in [2.05, 4.69) is 4.72 Å². The lowest BCUT2D eigenvalue weighted by Gasteiger charge is -2.10. The fraction of sp³-hybridized carbons (Fsp3) is 0.143. The van der Waals surface area contributed by atoms with Crippen LogP contribution in [0.3, 0.4) is 0 Å². The van der Waals surface area contributed by atoms with E-state index in [1.807, 2.05) is 6.92 Å². The Labute approximate surface area is 123 Å². The SMILES string of the molecule is CCOc1cccc(NS(=O)(=O)c2ccc(Cl)cc2)c1. The second kappa shape index (κ2) is 6.15. The third kappa shape index (κ3) is 3.65. The van der Waals surface area contributed by atoms with Crippen LogP contribution in [0.4, 0.5) is 5.69 Å². The van der Waals surface area contributed by atoms with Gasteiger partial charge >= 0.3 is 0 Å². The summed E-state index contributed by atoms with van der Waals surface area (Å²) in [5.41, 5.74) is 0.450. The van der Waals surface area contributed by atoms with Gasteiger partial charge in [-0.1, -0.05) is 17.7 Å². The van der Waals surface area contributed by atoms with E-state index >= 15 is 0 Å². The van der Waals surface area contributed by atoms with Crippen LogP contribution in [-0.4, -0.2) is 15.0 Å². The lowest BCUT2D eigenvalue weighted by Crippen LogP contribution is -2.12. The Morgan fingerprint density at radius 3 is 2.50 bits per heavy atom. The van der Waals surface area contributed by atoms with Gasteiger partial charge in [0.1, 0.15) is 5.75 Å². The van der Waals surface area contributed by atoms with Gasteiger partial charge in [0.2, 0.25) is 0 Å². The zero-order valence-electron chi connectivity index (χ0n) is 10.8. The van der Waals surface area contributed by atoms with Crippen molar-refractivity contribution in [3.05, 3.63) is 53.6 Å². The predicted molar refractivity (Wildman–Crippen MR) is 79.9 cm³/mol. The quantitative estimate of drug-likeness (QED) is 0.919. The zero-order chi connectivity index (χ0) is 14.6. The summed E-state index contributed by atoms with van der Waals surface area (Å²) in [6.07, 6.45) is 0. The van der Waals surface area contributed by atoms with Crippen molar-refractivity contribution in [3.63, 3.8) is 0 Å². The standard InChI is InChI=1S/C14H14ClNO3S/c1-2-19-13-5-3-4-12(10-13)16-20(17,18)14-8-6-11(15)7-9-14/h3-10,16H,2H2,1H3. The van der Waals surface area contributed by atoms with Crippen molar-refractivity contribution < 1.29 is 13.2 Å². The van der Waals surface area contributed by atoms with Crippen LogP contribution in [0.2, 0.25) is 5.02 Å². The van der Waals surface area contributed by atoms with Crippen LogP contribution in [0.15, 0.2) is 53.4 Å². The second-order valence-corrected chi connectivity index (χ2v) is 6.14. The average Bonchev–Trinajstić information content (AvgIpc) is 2.39. The Kier molecular flexibility index (Phi) is 4.52. The molecular formula is C14H14ClNO3S. The lowest BCUT2D eigenvalue weighted by molar-refractivity contribution is 0.340. The minimum absolute atomic E-state index is 0.156. The molecule has 0 aromatic heterocycles. The third-order valence-electron chi connectivity index (χ3n) is 2.52. The topological polar surface area (TPSA) is 55.4 Å². The number of halogens is 1. The number of rotatable bonds is 5. The fourth-order valence-corrected chi connectivity index (χ4v) is 2.82. The molecule has 20 heavy (non-hydrogen) atoms. The molecule has 0 aliphatic rings. The van der Waals surface area contributed by atoms with Gasteiger partial charge in [-0.15, -0.1) is 0 Å². The number of ether oxygens (including phenoxy) is 1.